The second kappa shape index (κ2) is 6.08. The molecule has 0 unspecified atom stereocenters. The number of hydrogen-bond acceptors (Lipinski definition) is 4. The van der Waals surface area contributed by atoms with E-state index in [2.05, 4.69) is 5.32 Å². The maximum Gasteiger partial charge on any atom is 0.331 e. The third-order valence-corrected chi connectivity index (χ3v) is 3.44. The lowest BCUT2D eigenvalue weighted by Crippen LogP contribution is -2.41. The van der Waals surface area contributed by atoms with Gasteiger partial charge in [0.1, 0.15) is 12.4 Å². The molecule has 1 aliphatic rings. The van der Waals surface area contributed by atoms with Gasteiger partial charge in [-0.15, -0.1) is 0 Å². The van der Waals surface area contributed by atoms with E-state index < -0.39 is 11.8 Å². The number of rotatable bonds is 3. The van der Waals surface area contributed by atoms with Crippen LogP contribution in [0.25, 0.3) is 0 Å². The van der Waals surface area contributed by atoms with Crippen molar-refractivity contribution in [3.63, 3.8) is 0 Å². The summed E-state index contributed by atoms with van der Waals surface area (Å²) in [6, 6.07) is 11.1. The summed E-state index contributed by atoms with van der Waals surface area (Å²) in [6.07, 6.45) is 0. The Morgan fingerprint density at radius 2 is 2.13 bits per heavy atom. The van der Waals surface area contributed by atoms with Crippen molar-refractivity contribution in [3.05, 3.63) is 53.8 Å². The number of carbonyl (C=O) groups is 2. The molecule has 0 spiro atoms. The Labute approximate surface area is 132 Å². The van der Waals surface area contributed by atoms with Gasteiger partial charge < -0.3 is 15.0 Å². The lowest BCUT2D eigenvalue weighted by molar-refractivity contribution is -0.133. The molecule has 0 radical (unpaired) electrons. The number of halogens is 1. The Bertz CT molecular complexity index is 776. The number of hydrogen-bond donors (Lipinski definition) is 1. The van der Waals surface area contributed by atoms with E-state index in [9.17, 15) is 14.0 Å². The first-order valence-electron chi connectivity index (χ1n) is 7.13. The number of amides is 1. The fourth-order valence-corrected chi connectivity index (χ4v) is 2.44. The molecule has 0 atom stereocenters. The number of fused-ring (bicyclic) bond motifs is 1. The molecule has 0 fully saturated rings. The van der Waals surface area contributed by atoms with Gasteiger partial charge in [0.15, 0.2) is 5.75 Å². The summed E-state index contributed by atoms with van der Waals surface area (Å²) in [5, 5.41) is 2.62. The van der Waals surface area contributed by atoms with Crippen molar-refractivity contribution in [1.29, 1.82) is 0 Å². The van der Waals surface area contributed by atoms with E-state index in [4.69, 9.17) is 4.74 Å². The summed E-state index contributed by atoms with van der Waals surface area (Å²) in [5.41, 5.74) is 2.07. The molecule has 0 bridgehead atoms. The van der Waals surface area contributed by atoms with Crippen LogP contribution in [0.4, 0.5) is 15.8 Å². The lowest BCUT2D eigenvalue weighted by atomic mass is 10.1. The number of benzene rings is 2. The van der Waals surface area contributed by atoms with Crippen molar-refractivity contribution in [3.8, 4) is 5.75 Å². The SMILES string of the molecule is Cc1ccc2c(c1)N(CC(=O)Nc1cccc(F)c1)CC(=O)O2. The van der Waals surface area contributed by atoms with Crippen molar-refractivity contribution >= 4 is 23.3 Å². The topological polar surface area (TPSA) is 58.6 Å². The van der Waals surface area contributed by atoms with Gasteiger partial charge in [-0.1, -0.05) is 12.1 Å². The van der Waals surface area contributed by atoms with Gasteiger partial charge in [-0.25, -0.2) is 9.18 Å². The highest BCUT2D eigenvalue weighted by Crippen LogP contribution is 2.32. The predicted molar refractivity (Wildman–Crippen MR) is 84.1 cm³/mol. The van der Waals surface area contributed by atoms with E-state index in [1.807, 2.05) is 19.1 Å². The summed E-state index contributed by atoms with van der Waals surface area (Å²) < 4.78 is 18.3. The number of aryl methyl sites for hydroxylation is 1. The van der Waals surface area contributed by atoms with Gasteiger partial charge in [-0.05, 0) is 42.8 Å². The summed E-state index contributed by atoms with van der Waals surface area (Å²) in [7, 11) is 0. The third-order valence-electron chi connectivity index (χ3n) is 3.44. The Hall–Kier alpha value is -2.89. The molecule has 0 aromatic heterocycles. The van der Waals surface area contributed by atoms with Crippen LogP contribution in [-0.4, -0.2) is 25.0 Å². The molecule has 118 valence electrons. The number of carbonyl (C=O) groups excluding carboxylic acids is 2. The van der Waals surface area contributed by atoms with Crippen LogP contribution in [0.3, 0.4) is 0 Å². The van der Waals surface area contributed by atoms with Crippen molar-refractivity contribution in [2.45, 2.75) is 6.92 Å². The third kappa shape index (κ3) is 3.48. The molecule has 1 amide bonds. The van der Waals surface area contributed by atoms with Gasteiger partial charge in [-0.3, -0.25) is 4.79 Å². The maximum atomic E-state index is 13.1. The molecule has 5 nitrogen and oxygen atoms in total. The molecule has 2 aromatic rings. The number of nitrogens with zero attached hydrogens (tertiary/aromatic N) is 1. The van der Waals surface area contributed by atoms with Gasteiger partial charge in [-0.2, -0.15) is 0 Å². The fourth-order valence-electron chi connectivity index (χ4n) is 2.44. The van der Waals surface area contributed by atoms with Gasteiger partial charge >= 0.3 is 5.97 Å². The second-order valence-corrected chi connectivity index (χ2v) is 5.36. The molecule has 3 rings (SSSR count). The molecule has 1 aliphatic heterocycles. The van der Waals surface area contributed by atoms with Crippen LogP contribution in [0, 0.1) is 12.7 Å². The van der Waals surface area contributed by atoms with E-state index in [1.54, 1.807) is 17.0 Å². The molecule has 2 aromatic carbocycles. The minimum Gasteiger partial charge on any atom is -0.423 e. The van der Waals surface area contributed by atoms with E-state index in [-0.39, 0.29) is 19.0 Å². The smallest absolute Gasteiger partial charge is 0.331 e. The summed E-state index contributed by atoms with van der Waals surface area (Å²) in [6.45, 7) is 1.89. The van der Waals surface area contributed by atoms with Crippen molar-refractivity contribution in [2.24, 2.45) is 0 Å². The molecule has 1 N–H and O–H groups in total. The lowest BCUT2D eigenvalue weighted by Gasteiger charge is -2.29. The highest BCUT2D eigenvalue weighted by molar-refractivity contribution is 5.96. The highest BCUT2D eigenvalue weighted by Gasteiger charge is 2.25. The largest absolute Gasteiger partial charge is 0.423 e. The molecular weight excluding hydrogens is 299 g/mol. The van der Waals surface area contributed by atoms with Gasteiger partial charge in [0.25, 0.3) is 0 Å². The van der Waals surface area contributed by atoms with Crippen molar-refractivity contribution in [2.75, 3.05) is 23.3 Å². The summed E-state index contributed by atoms with van der Waals surface area (Å²) in [5.74, 6) is -0.742. The number of nitrogens with one attached hydrogen (secondary N) is 1. The van der Waals surface area contributed by atoms with Crippen LogP contribution in [0.15, 0.2) is 42.5 Å². The maximum absolute atomic E-state index is 13.1. The van der Waals surface area contributed by atoms with Gasteiger partial charge in [0, 0.05) is 5.69 Å². The summed E-state index contributed by atoms with van der Waals surface area (Å²) >= 11 is 0. The van der Waals surface area contributed by atoms with Crippen LogP contribution in [0.1, 0.15) is 5.56 Å². The second-order valence-electron chi connectivity index (χ2n) is 5.36. The van der Waals surface area contributed by atoms with Crippen LogP contribution >= 0.6 is 0 Å². The average Bonchev–Trinajstić information content (AvgIpc) is 2.48. The molecule has 6 heteroatoms. The monoisotopic (exact) mass is 314 g/mol. The Balaban J connectivity index is 1.76. The van der Waals surface area contributed by atoms with Crippen LogP contribution < -0.4 is 15.0 Å². The standard InChI is InChI=1S/C17H15FN2O3/c1-11-5-6-15-14(7-11)20(10-17(22)23-15)9-16(21)19-13-4-2-3-12(18)8-13/h2-8H,9-10H2,1H3,(H,19,21). The van der Waals surface area contributed by atoms with Crippen LogP contribution in [-0.2, 0) is 9.59 Å². The van der Waals surface area contributed by atoms with E-state index in [0.29, 0.717) is 17.1 Å². The van der Waals surface area contributed by atoms with E-state index in [0.717, 1.165) is 5.56 Å². The Kier molecular flexibility index (Phi) is 3.97. The summed E-state index contributed by atoms with van der Waals surface area (Å²) in [4.78, 5) is 25.5. The first-order valence-corrected chi connectivity index (χ1v) is 7.13. The zero-order chi connectivity index (χ0) is 16.4. The highest BCUT2D eigenvalue weighted by atomic mass is 19.1. The minimum atomic E-state index is -0.426. The van der Waals surface area contributed by atoms with Gasteiger partial charge in [0.05, 0.1) is 12.2 Å². The predicted octanol–water partition coefficient (Wildman–Crippen LogP) is 2.50. The molecule has 23 heavy (non-hydrogen) atoms. The number of ether oxygens (including phenoxy) is 1. The Morgan fingerprint density at radius 1 is 1.30 bits per heavy atom. The molecule has 0 saturated carbocycles. The van der Waals surface area contributed by atoms with Crippen molar-refractivity contribution in [1.82, 2.24) is 0 Å². The molecule has 0 saturated heterocycles. The first-order chi connectivity index (χ1) is 11.0. The minimum absolute atomic E-state index is 0.00692. The first kappa shape index (κ1) is 15.0. The fraction of sp³-hybridized carbons (Fsp3) is 0.176. The normalized spacial score (nSPS) is 13.3. The van der Waals surface area contributed by atoms with Crippen LogP contribution in [0.5, 0.6) is 5.75 Å². The van der Waals surface area contributed by atoms with E-state index >= 15 is 0 Å². The van der Waals surface area contributed by atoms with Crippen LogP contribution in [0.2, 0.25) is 0 Å². The van der Waals surface area contributed by atoms with E-state index in [1.165, 1.54) is 18.2 Å². The number of anilines is 2. The average molecular weight is 314 g/mol. The molecular formula is C17H15FN2O3. The quantitative estimate of drug-likeness (QED) is 0.698. The zero-order valence-corrected chi connectivity index (χ0v) is 12.5. The Morgan fingerprint density at radius 3 is 2.91 bits per heavy atom. The van der Waals surface area contributed by atoms with Crippen molar-refractivity contribution < 1.29 is 18.7 Å². The zero-order valence-electron chi connectivity index (χ0n) is 12.5. The molecule has 0 aliphatic carbocycles. The van der Waals surface area contributed by atoms with Gasteiger partial charge in [0.2, 0.25) is 5.91 Å². The molecule has 1 heterocycles. The number of esters is 1.